The van der Waals surface area contributed by atoms with Crippen LogP contribution in [0, 0.1) is 5.82 Å². The number of rotatable bonds is 5. The van der Waals surface area contributed by atoms with Crippen molar-refractivity contribution in [3.63, 3.8) is 0 Å². The minimum atomic E-state index is -1.05. The normalized spacial score (nSPS) is 15.7. The summed E-state index contributed by atoms with van der Waals surface area (Å²) < 4.78 is 14.7. The fourth-order valence-corrected chi connectivity index (χ4v) is 2.45. The molecule has 2 N–H and O–H groups in total. The van der Waals surface area contributed by atoms with Crippen LogP contribution in [0.25, 0.3) is 0 Å². The smallest absolute Gasteiger partial charge is 0.124 e. The van der Waals surface area contributed by atoms with Crippen molar-refractivity contribution < 1.29 is 9.50 Å². The van der Waals surface area contributed by atoms with E-state index in [9.17, 15) is 9.50 Å². The first kappa shape index (κ1) is 15.9. The summed E-state index contributed by atoms with van der Waals surface area (Å²) >= 11 is 6.04. The van der Waals surface area contributed by atoms with Gasteiger partial charge in [-0.05, 0) is 31.5 Å². The van der Waals surface area contributed by atoms with Crippen molar-refractivity contribution in [2.24, 2.45) is 7.05 Å². The number of aromatic nitrogens is 2. The van der Waals surface area contributed by atoms with Gasteiger partial charge in [0.15, 0.2) is 0 Å². The second kappa shape index (κ2) is 6.13. The summed E-state index contributed by atoms with van der Waals surface area (Å²) in [6.45, 7) is 3.96. The molecular formula is C15H19ClFN3O. The van der Waals surface area contributed by atoms with Crippen LogP contribution in [-0.2, 0) is 12.6 Å². The van der Waals surface area contributed by atoms with Gasteiger partial charge in [-0.3, -0.25) is 4.68 Å². The molecule has 0 amide bonds. The number of hydrogen-bond acceptors (Lipinski definition) is 3. The molecule has 0 bridgehead atoms. The maximum absolute atomic E-state index is 13.1. The number of nitrogens with one attached hydrogen (secondary N) is 1. The van der Waals surface area contributed by atoms with Crippen LogP contribution >= 0.6 is 11.6 Å². The number of benzene rings is 1. The highest BCUT2D eigenvalue weighted by molar-refractivity contribution is 6.31. The van der Waals surface area contributed by atoms with E-state index in [0.29, 0.717) is 11.6 Å². The molecule has 1 aromatic carbocycles. The third-order valence-corrected chi connectivity index (χ3v) is 3.84. The molecule has 1 heterocycles. The fraction of sp³-hybridized carbons (Fsp3) is 0.400. The van der Waals surface area contributed by atoms with Crippen molar-refractivity contribution in [2.75, 3.05) is 6.54 Å². The molecule has 0 radical (unpaired) electrons. The molecule has 1 aromatic heterocycles. The Kier molecular flexibility index (Phi) is 4.66. The molecule has 21 heavy (non-hydrogen) atoms. The predicted octanol–water partition coefficient (Wildman–Crippen LogP) is 2.77. The number of aliphatic hydroxyl groups is 1. The van der Waals surface area contributed by atoms with Gasteiger partial charge in [0.05, 0.1) is 6.20 Å². The first-order chi connectivity index (χ1) is 9.79. The number of hydrogen-bond donors (Lipinski definition) is 2. The van der Waals surface area contributed by atoms with Crippen molar-refractivity contribution >= 4 is 11.6 Å². The zero-order chi connectivity index (χ0) is 15.6. The molecule has 4 nitrogen and oxygen atoms in total. The van der Waals surface area contributed by atoms with E-state index < -0.39 is 5.60 Å². The maximum Gasteiger partial charge on any atom is 0.124 e. The van der Waals surface area contributed by atoms with E-state index in [1.807, 2.05) is 6.92 Å². The van der Waals surface area contributed by atoms with E-state index in [1.54, 1.807) is 37.1 Å². The van der Waals surface area contributed by atoms with Crippen molar-refractivity contribution in [1.29, 1.82) is 0 Å². The maximum atomic E-state index is 13.1. The monoisotopic (exact) mass is 311 g/mol. The topological polar surface area (TPSA) is 50.1 Å². The quantitative estimate of drug-likeness (QED) is 0.892. The highest BCUT2D eigenvalue weighted by atomic mass is 35.5. The van der Waals surface area contributed by atoms with E-state index in [0.717, 1.165) is 11.1 Å². The van der Waals surface area contributed by atoms with E-state index in [2.05, 4.69) is 10.4 Å². The summed E-state index contributed by atoms with van der Waals surface area (Å²) in [5.74, 6) is -0.363. The lowest BCUT2D eigenvalue weighted by atomic mass is 9.98. The van der Waals surface area contributed by atoms with Crippen LogP contribution in [0.4, 0.5) is 4.39 Å². The van der Waals surface area contributed by atoms with Crippen LogP contribution in [0.5, 0.6) is 0 Å². The Morgan fingerprint density at radius 1 is 1.52 bits per heavy atom. The molecular weight excluding hydrogens is 293 g/mol. The highest BCUT2D eigenvalue weighted by Gasteiger charge is 2.25. The van der Waals surface area contributed by atoms with Crippen LogP contribution in [-0.4, -0.2) is 21.4 Å². The van der Waals surface area contributed by atoms with Crippen LogP contribution < -0.4 is 5.32 Å². The Morgan fingerprint density at radius 2 is 2.24 bits per heavy atom. The highest BCUT2D eigenvalue weighted by Crippen LogP contribution is 2.25. The van der Waals surface area contributed by atoms with Gasteiger partial charge >= 0.3 is 0 Å². The van der Waals surface area contributed by atoms with Crippen LogP contribution in [0.2, 0.25) is 5.02 Å². The zero-order valence-electron chi connectivity index (χ0n) is 12.3. The van der Waals surface area contributed by atoms with E-state index in [4.69, 9.17) is 11.6 Å². The Labute approximate surface area is 128 Å². The van der Waals surface area contributed by atoms with Gasteiger partial charge < -0.3 is 10.4 Å². The van der Waals surface area contributed by atoms with Crippen LogP contribution in [0.3, 0.4) is 0 Å². The molecule has 0 fully saturated rings. The molecule has 0 aliphatic heterocycles. The fourth-order valence-electron chi connectivity index (χ4n) is 2.12. The third kappa shape index (κ3) is 3.81. The largest absolute Gasteiger partial charge is 0.384 e. The molecule has 2 aromatic rings. The Bertz CT molecular complexity index is 627. The SMILES string of the molecule is CC(NCC(C)(O)c1cnn(C)c1)c1ccc(F)cc1Cl. The average Bonchev–Trinajstić information content (AvgIpc) is 2.84. The number of nitrogens with zero attached hydrogens (tertiary/aromatic N) is 2. The summed E-state index contributed by atoms with van der Waals surface area (Å²) in [5.41, 5.74) is 0.477. The molecule has 0 aliphatic carbocycles. The van der Waals surface area contributed by atoms with Gasteiger partial charge in [0, 0.05) is 36.4 Å². The second-order valence-corrected chi connectivity index (χ2v) is 5.85. The van der Waals surface area contributed by atoms with Gasteiger partial charge in [-0.25, -0.2) is 4.39 Å². The van der Waals surface area contributed by atoms with Crippen molar-refractivity contribution in [3.8, 4) is 0 Å². The standard InChI is InChI=1S/C15H19ClFN3O/c1-10(13-5-4-12(17)6-14(13)16)18-9-15(2,21)11-7-19-20(3)8-11/h4-8,10,18,21H,9H2,1-3H3. The predicted molar refractivity (Wildman–Crippen MR) is 80.6 cm³/mol. The first-order valence-electron chi connectivity index (χ1n) is 6.69. The zero-order valence-corrected chi connectivity index (χ0v) is 13.0. The Balaban J connectivity index is 2.05. The number of aryl methyl sites for hydroxylation is 1. The average molecular weight is 312 g/mol. The summed E-state index contributed by atoms with van der Waals surface area (Å²) in [7, 11) is 1.80. The van der Waals surface area contributed by atoms with Gasteiger partial charge in [0.25, 0.3) is 0 Å². The molecule has 0 spiro atoms. The van der Waals surface area contributed by atoms with Gasteiger partial charge in [-0.15, -0.1) is 0 Å². The minimum absolute atomic E-state index is 0.110. The molecule has 0 saturated carbocycles. The van der Waals surface area contributed by atoms with Crippen LogP contribution in [0.15, 0.2) is 30.6 Å². The Hall–Kier alpha value is -1.43. The Morgan fingerprint density at radius 3 is 2.81 bits per heavy atom. The lowest BCUT2D eigenvalue weighted by Crippen LogP contribution is -2.36. The first-order valence-corrected chi connectivity index (χ1v) is 7.07. The van der Waals surface area contributed by atoms with Crippen molar-refractivity contribution in [1.82, 2.24) is 15.1 Å². The lowest BCUT2D eigenvalue weighted by molar-refractivity contribution is 0.0543. The van der Waals surface area contributed by atoms with E-state index >= 15 is 0 Å². The lowest BCUT2D eigenvalue weighted by Gasteiger charge is -2.25. The van der Waals surface area contributed by atoms with Gasteiger partial charge in [-0.2, -0.15) is 5.10 Å². The van der Waals surface area contributed by atoms with Gasteiger partial charge in [0.1, 0.15) is 11.4 Å². The molecule has 0 aliphatic rings. The van der Waals surface area contributed by atoms with Crippen molar-refractivity contribution in [2.45, 2.75) is 25.5 Å². The summed E-state index contributed by atoms with van der Waals surface area (Å²) in [6.07, 6.45) is 3.41. The summed E-state index contributed by atoms with van der Waals surface area (Å²) in [5, 5.41) is 18.1. The molecule has 6 heteroatoms. The molecule has 2 unspecified atom stereocenters. The van der Waals surface area contributed by atoms with Crippen LogP contribution in [0.1, 0.15) is 31.0 Å². The number of halogens is 2. The molecule has 114 valence electrons. The summed E-state index contributed by atoms with van der Waals surface area (Å²) in [4.78, 5) is 0. The van der Waals surface area contributed by atoms with E-state index in [1.165, 1.54) is 12.1 Å². The molecule has 2 atom stereocenters. The second-order valence-electron chi connectivity index (χ2n) is 5.44. The van der Waals surface area contributed by atoms with Gasteiger partial charge in [0.2, 0.25) is 0 Å². The third-order valence-electron chi connectivity index (χ3n) is 3.51. The summed E-state index contributed by atoms with van der Waals surface area (Å²) in [6, 6.07) is 4.20. The molecule has 2 rings (SSSR count). The minimum Gasteiger partial charge on any atom is -0.384 e. The molecule has 0 saturated heterocycles. The van der Waals surface area contributed by atoms with E-state index in [-0.39, 0.29) is 11.9 Å². The van der Waals surface area contributed by atoms with Gasteiger partial charge in [-0.1, -0.05) is 17.7 Å². The van der Waals surface area contributed by atoms with Crippen molar-refractivity contribution in [3.05, 3.63) is 52.6 Å².